The van der Waals surface area contributed by atoms with Crippen LogP contribution in [0.15, 0.2) is 41.6 Å². The first kappa shape index (κ1) is 18.8. The molecule has 130 valence electrons. The van der Waals surface area contributed by atoms with Crippen LogP contribution in [0.5, 0.6) is 0 Å². The number of aryl methyl sites for hydroxylation is 2. The number of carbonyl (C=O) groups is 1. The molecule has 1 N–H and O–H groups in total. The number of benzene rings is 1. The highest BCUT2D eigenvalue weighted by molar-refractivity contribution is 8.00. The average molecular weight is 367 g/mol. The summed E-state index contributed by atoms with van der Waals surface area (Å²) in [5.41, 5.74) is 1.21. The van der Waals surface area contributed by atoms with E-state index in [2.05, 4.69) is 29.4 Å². The number of piperazine rings is 1. The summed E-state index contributed by atoms with van der Waals surface area (Å²) in [6, 6.07) is 8.19. The second kappa shape index (κ2) is 8.55. The Morgan fingerprint density at radius 1 is 1.42 bits per heavy atom. The number of hydrogen-bond acceptors (Lipinski definition) is 4. The molecule has 7 heteroatoms. The predicted octanol–water partition coefficient (Wildman–Crippen LogP) is 2.42. The predicted molar refractivity (Wildman–Crippen MR) is 99.7 cm³/mol. The molecule has 24 heavy (non-hydrogen) atoms. The van der Waals surface area contributed by atoms with Gasteiger partial charge in [-0.1, -0.05) is 18.2 Å². The second-order valence-corrected chi connectivity index (χ2v) is 6.77. The van der Waals surface area contributed by atoms with E-state index in [9.17, 15) is 4.79 Å². The first-order valence-corrected chi connectivity index (χ1v) is 8.81. The van der Waals surface area contributed by atoms with Gasteiger partial charge in [0.1, 0.15) is 11.9 Å². The van der Waals surface area contributed by atoms with Crippen LogP contribution in [0.1, 0.15) is 17.4 Å². The first-order chi connectivity index (χ1) is 11.2. The summed E-state index contributed by atoms with van der Waals surface area (Å²) in [5.74, 6) is 1.57. The fourth-order valence-electron chi connectivity index (χ4n) is 2.87. The molecular formula is C17H23ClN4OS. The number of imidazole rings is 1. The number of halogens is 1. The quantitative estimate of drug-likeness (QED) is 0.844. The van der Waals surface area contributed by atoms with E-state index >= 15 is 0 Å². The standard InChI is InChI=1S/C17H22N4OS.ClH/c1-13-5-3-4-6-15(13)23-12-16(22)21-10-7-18-11-14(21)17-19-8-9-20(17)2;/h3-6,8-9,14,18H,7,10-12H2,1-2H3;1H. The SMILES string of the molecule is Cc1ccccc1SCC(=O)N1CCNCC1c1nccn1C.Cl. The molecule has 1 saturated heterocycles. The van der Waals surface area contributed by atoms with Gasteiger partial charge in [-0.3, -0.25) is 4.79 Å². The van der Waals surface area contributed by atoms with Gasteiger partial charge in [0, 0.05) is 44.0 Å². The van der Waals surface area contributed by atoms with Crippen LogP contribution in [-0.2, 0) is 11.8 Å². The molecule has 1 aromatic carbocycles. The topological polar surface area (TPSA) is 50.2 Å². The van der Waals surface area contributed by atoms with Crippen molar-refractivity contribution in [3.8, 4) is 0 Å². The highest BCUT2D eigenvalue weighted by atomic mass is 35.5. The molecule has 0 aliphatic carbocycles. The molecule has 1 fully saturated rings. The van der Waals surface area contributed by atoms with E-state index in [1.807, 2.05) is 34.8 Å². The van der Waals surface area contributed by atoms with Gasteiger partial charge in [-0.05, 0) is 18.6 Å². The summed E-state index contributed by atoms with van der Waals surface area (Å²) in [6.45, 7) is 4.40. The Morgan fingerprint density at radius 3 is 2.92 bits per heavy atom. The number of aromatic nitrogens is 2. The molecule has 2 heterocycles. The molecule has 1 atom stereocenters. The molecule has 0 saturated carbocycles. The Morgan fingerprint density at radius 2 is 2.21 bits per heavy atom. The maximum Gasteiger partial charge on any atom is 0.233 e. The van der Waals surface area contributed by atoms with Gasteiger partial charge in [-0.2, -0.15) is 0 Å². The van der Waals surface area contributed by atoms with E-state index in [0.29, 0.717) is 5.75 Å². The van der Waals surface area contributed by atoms with Gasteiger partial charge in [0.15, 0.2) is 0 Å². The van der Waals surface area contributed by atoms with Crippen LogP contribution in [-0.4, -0.2) is 45.7 Å². The van der Waals surface area contributed by atoms with E-state index in [1.165, 1.54) is 10.5 Å². The van der Waals surface area contributed by atoms with Crippen molar-refractivity contribution in [3.63, 3.8) is 0 Å². The monoisotopic (exact) mass is 366 g/mol. The van der Waals surface area contributed by atoms with E-state index in [-0.39, 0.29) is 24.4 Å². The number of rotatable bonds is 4. The Hall–Kier alpha value is -1.50. The fourth-order valence-corrected chi connectivity index (χ4v) is 3.79. The Balaban J connectivity index is 0.00000208. The number of thioether (sulfide) groups is 1. The molecule has 1 aromatic heterocycles. The van der Waals surface area contributed by atoms with Crippen molar-refractivity contribution >= 4 is 30.1 Å². The van der Waals surface area contributed by atoms with E-state index in [1.54, 1.807) is 18.0 Å². The summed E-state index contributed by atoms with van der Waals surface area (Å²) in [4.78, 5) is 20.3. The number of nitrogens with one attached hydrogen (secondary N) is 1. The van der Waals surface area contributed by atoms with Crippen LogP contribution in [0.2, 0.25) is 0 Å². The van der Waals surface area contributed by atoms with E-state index in [4.69, 9.17) is 0 Å². The minimum atomic E-state index is 0. The Kier molecular flexibility index (Phi) is 6.71. The molecule has 0 radical (unpaired) electrons. The highest BCUT2D eigenvalue weighted by Crippen LogP contribution is 2.25. The molecule has 3 rings (SSSR count). The molecule has 0 spiro atoms. The normalized spacial score (nSPS) is 17.4. The van der Waals surface area contributed by atoms with Crippen LogP contribution < -0.4 is 5.32 Å². The summed E-state index contributed by atoms with van der Waals surface area (Å²) in [6.07, 6.45) is 3.71. The summed E-state index contributed by atoms with van der Waals surface area (Å²) < 4.78 is 1.99. The molecule has 5 nitrogen and oxygen atoms in total. The van der Waals surface area contributed by atoms with Gasteiger partial charge in [0.2, 0.25) is 5.91 Å². The van der Waals surface area contributed by atoms with Crippen molar-refractivity contribution in [2.45, 2.75) is 17.9 Å². The van der Waals surface area contributed by atoms with Crippen molar-refractivity contribution in [3.05, 3.63) is 48.0 Å². The molecule has 1 amide bonds. The minimum Gasteiger partial charge on any atom is -0.336 e. The maximum absolute atomic E-state index is 12.7. The first-order valence-electron chi connectivity index (χ1n) is 7.82. The zero-order valence-corrected chi connectivity index (χ0v) is 15.6. The maximum atomic E-state index is 12.7. The van der Waals surface area contributed by atoms with Crippen molar-refractivity contribution in [1.29, 1.82) is 0 Å². The van der Waals surface area contributed by atoms with Gasteiger partial charge >= 0.3 is 0 Å². The lowest BCUT2D eigenvalue weighted by molar-refractivity contribution is -0.131. The lowest BCUT2D eigenvalue weighted by Gasteiger charge is -2.35. The zero-order valence-electron chi connectivity index (χ0n) is 13.9. The summed E-state index contributed by atoms with van der Waals surface area (Å²) in [7, 11) is 1.97. The summed E-state index contributed by atoms with van der Waals surface area (Å²) in [5, 5.41) is 3.36. The third-order valence-corrected chi connectivity index (χ3v) is 5.33. The van der Waals surface area contributed by atoms with Crippen LogP contribution in [0, 0.1) is 6.92 Å². The highest BCUT2D eigenvalue weighted by Gasteiger charge is 2.30. The molecule has 2 aromatic rings. The molecule has 1 aliphatic heterocycles. The van der Waals surface area contributed by atoms with Crippen LogP contribution in [0.4, 0.5) is 0 Å². The van der Waals surface area contributed by atoms with Gasteiger partial charge in [0.05, 0.1) is 5.75 Å². The second-order valence-electron chi connectivity index (χ2n) is 5.76. The average Bonchev–Trinajstić information content (AvgIpc) is 3.00. The van der Waals surface area contributed by atoms with Crippen LogP contribution in [0.25, 0.3) is 0 Å². The van der Waals surface area contributed by atoms with Crippen molar-refractivity contribution in [1.82, 2.24) is 19.8 Å². The third kappa shape index (κ3) is 4.12. The van der Waals surface area contributed by atoms with Gasteiger partial charge < -0.3 is 14.8 Å². The van der Waals surface area contributed by atoms with Gasteiger partial charge in [-0.15, -0.1) is 24.2 Å². The smallest absolute Gasteiger partial charge is 0.233 e. The van der Waals surface area contributed by atoms with Crippen LogP contribution in [0.3, 0.4) is 0 Å². The zero-order chi connectivity index (χ0) is 16.2. The van der Waals surface area contributed by atoms with Crippen molar-refractivity contribution < 1.29 is 4.79 Å². The Bertz CT molecular complexity index is 691. The number of nitrogens with zero attached hydrogens (tertiary/aromatic N) is 3. The van der Waals surface area contributed by atoms with E-state index < -0.39 is 0 Å². The van der Waals surface area contributed by atoms with Gasteiger partial charge in [0.25, 0.3) is 0 Å². The fraction of sp³-hybridized carbons (Fsp3) is 0.412. The van der Waals surface area contributed by atoms with Crippen molar-refractivity contribution in [2.24, 2.45) is 7.05 Å². The lowest BCUT2D eigenvalue weighted by Crippen LogP contribution is -2.50. The van der Waals surface area contributed by atoms with Crippen LogP contribution >= 0.6 is 24.2 Å². The third-order valence-electron chi connectivity index (χ3n) is 4.16. The Labute approximate surface area is 153 Å². The molecule has 0 bridgehead atoms. The van der Waals surface area contributed by atoms with E-state index in [0.717, 1.165) is 25.5 Å². The number of carbonyl (C=O) groups excluding carboxylic acids is 1. The van der Waals surface area contributed by atoms with Gasteiger partial charge in [-0.25, -0.2) is 4.98 Å². The molecule has 1 unspecified atom stereocenters. The number of amides is 1. The molecular weight excluding hydrogens is 344 g/mol. The summed E-state index contributed by atoms with van der Waals surface area (Å²) >= 11 is 1.61. The molecule has 1 aliphatic rings. The lowest BCUT2D eigenvalue weighted by atomic mass is 10.1. The number of hydrogen-bond donors (Lipinski definition) is 1. The van der Waals surface area contributed by atoms with Crippen molar-refractivity contribution in [2.75, 3.05) is 25.4 Å². The minimum absolute atomic E-state index is 0. The largest absolute Gasteiger partial charge is 0.336 e.